The van der Waals surface area contributed by atoms with E-state index in [0.717, 1.165) is 12.0 Å². The zero-order chi connectivity index (χ0) is 17.6. The molecule has 1 amide bonds. The average Bonchev–Trinajstić information content (AvgIpc) is 3.13. The minimum atomic E-state index is -0.806. The topological polar surface area (TPSA) is 57.6 Å². The molecule has 1 saturated heterocycles. The van der Waals surface area contributed by atoms with Gasteiger partial charge in [0.25, 0.3) is 0 Å². The molecule has 138 valence electrons. The number of aliphatic carboxylic acids is 1. The van der Waals surface area contributed by atoms with Crippen LogP contribution in [-0.2, 0) is 16.0 Å². The van der Waals surface area contributed by atoms with E-state index < -0.39 is 11.9 Å². The molecule has 2 aromatic rings. The van der Waals surface area contributed by atoms with Gasteiger partial charge in [-0.3, -0.25) is 9.59 Å². The van der Waals surface area contributed by atoms with Crippen LogP contribution < -0.4 is 0 Å². The van der Waals surface area contributed by atoms with Gasteiger partial charge in [0.2, 0.25) is 5.91 Å². The number of amides is 1. The first-order valence-electron chi connectivity index (χ1n) is 8.73. The van der Waals surface area contributed by atoms with Crippen LogP contribution >= 0.6 is 12.4 Å². The first kappa shape index (κ1) is 20.0. The van der Waals surface area contributed by atoms with E-state index in [9.17, 15) is 9.59 Å². The highest BCUT2D eigenvalue weighted by molar-refractivity contribution is 5.85. The minimum absolute atomic E-state index is 0. The molecule has 0 radical (unpaired) electrons. The molecular formula is C21H24ClNO3. The molecule has 4 nitrogen and oxygen atoms in total. The monoisotopic (exact) mass is 373 g/mol. The van der Waals surface area contributed by atoms with Gasteiger partial charge in [0, 0.05) is 19.5 Å². The summed E-state index contributed by atoms with van der Waals surface area (Å²) in [6.07, 6.45) is 1.76. The third-order valence-corrected chi connectivity index (χ3v) is 4.91. The summed E-state index contributed by atoms with van der Waals surface area (Å²) in [5, 5.41) is 9.13. The minimum Gasteiger partial charge on any atom is -0.481 e. The van der Waals surface area contributed by atoms with Crippen molar-refractivity contribution in [3.05, 3.63) is 71.8 Å². The van der Waals surface area contributed by atoms with Crippen molar-refractivity contribution < 1.29 is 14.7 Å². The van der Waals surface area contributed by atoms with Crippen LogP contribution in [0.3, 0.4) is 0 Å². The zero-order valence-corrected chi connectivity index (χ0v) is 15.4. The molecule has 2 unspecified atom stereocenters. The van der Waals surface area contributed by atoms with Crippen LogP contribution in [0.1, 0.15) is 29.9 Å². The average molecular weight is 374 g/mol. The van der Waals surface area contributed by atoms with Gasteiger partial charge in [0.1, 0.15) is 0 Å². The molecule has 26 heavy (non-hydrogen) atoms. The summed E-state index contributed by atoms with van der Waals surface area (Å²) in [6.45, 7) is 0.879. The van der Waals surface area contributed by atoms with E-state index in [2.05, 4.69) is 24.3 Å². The summed E-state index contributed by atoms with van der Waals surface area (Å²) < 4.78 is 0. The van der Waals surface area contributed by atoms with Gasteiger partial charge in [-0.1, -0.05) is 60.7 Å². The summed E-state index contributed by atoms with van der Waals surface area (Å²) in [4.78, 5) is 25.5. The standard InChI is InChI=1S/C21H23NO3.ClH/c23-20(22-12-11-18(15-22)21(24)25)14-19(17-9-5-2-6-10-17)13-16-7-3-1-4-8-16;/h1-10,18-19H,11-15H2,(H,24,25);1H. The van der Waals surface area contributed by atoms with Gasteiger partial charge >= 0.3 is 5.97 Å². The van der Waals surface area contributed by atoms with Crippen LogP contribution in [-0.4, -0.2) is 35.0 Å². The number of nitrogens with zero attached hydrogens (tertiary/aromatic N) is 1. The molecule has 1 N–H and O–H groups in total. The Morgan fingerprint density at radius 2 is 1.65 bits per heavy atom. The molecule has 0 saturated carbocycles. The number of carbonyl (C=O) groups is 2. The molecule has 0 aliphatic carbocycles. The summed E-state index contributed by atoms with van der Waals surface area (Å²) in [5.74, 6) is -1.08. The number of likely N-dealkylation sites (tertiary alicyclic amines) is 1. The van der Waals surface area contributed by atoms with E-state index >= 15 is 0 Å². The fraction of sp³-hybridized carbons (Fsp3) is 0.333. The largest absolute Gasteiger partial charge is 0.481 e. The maximum atomic E-state index is 12.7. The molecule has 0 spiro atoms. The first-order chi connectivity index (χ1) is 12.1. The molecule has 2 aromatic carbocycles. The molecule has 1 heterocycles. The Morgan fingerprint density at radius 3 is 2.23 bits per heavy atom. The molecule has 1 aliphatic rings. The van der Waals surface area contributed by atoms with Gasteiger partial charge in [-0.25, -0.2) is 0 Å². The van der Waals surface area contributed by atoms with Gasteiger partial charge < -0.3 is 10.0 Å². The normalized spacial score (nSPS) is 17.4. The predicted molar refractivity (Wildman–Crippen MR) is 104 cm³/mol. The Balaban J connectivity index is 0.00000243. The second-order valence-electron chi connectivity index (χ2n) is 6.67. The van der Waals surface area contributed by atoms with Crippen LogP contribution in [0, 0.1) is 5.92 Å². The maximum absolute atomic E-state index is 12.7. The number of carbonyl (C=O) groups excluding carboxylic acids is 1. The Labute approximate surface area is 160 Å². The van der Waals surface area contributed by atoms with Crippen molar-refractivity contribution in [3.63, 3.8) is 0 Å². The van der Waals surface area contributed by atoms with Crippen molar-refractivity contribution in [3.8, 4) is 0 Å². The first-order valence-corrected chi connectivity index (χ1v) is 8.73. The van der Waals surface area contributed by atoms with Gasteiger partial charge in [-0.05, 0) is 29.9 Å². The summed E-state index contributed by atoms with van der Waals surface area (Å²) >= 11 is 0. The third kappa shape index (κ3) is 5.09. The van der Waals surface area contributed by atoms with Crippen molar-refractivity contribution in [2.75, 3.05) is 13.1 Å². The van der Waals surface area contributed by atoms with Crippen LogP contribution in [0.25, 0.3) is 0 Å². The molecule has 0 bridgehead atoms. The van der Waals surface area contributed by atoms with Gasteiger partial charge in [-0.15, -0.1) is 12.4 Å². The fourth-order valence-corrected chi connectivity index (χ4v) is 3.46. The number of hydrogen-bond donors (Lipinski definition) is 1. The van der Waals surface area contributed by atoms with E-state index in [4.69, 9.17) is 5.11 Å². The summed E-state index contributed by atoms with van der Waals surface area (Å²) in [6, 6.07) is 20.3. The fourth-order valence-electron chi connectivity index (χ4n) is 3.46. The predicted octanol–water partition coefficient (Wildman–Crippen LogP) is 3.76. The van der Waals surface area contributed by atoms with Gasteiger partial charge in [0.15, 0.2) is 0 Å². The maximum Gasteiger partial charge on any atom is 0.308 e. The number of benzene rings is 2. The van der Waals surface area contributed by atoms with Crippen LogP contribution in [0.15, 0.2) is 60.7 Å². The Morgan fingerprint density at radius 1 is 1.04 bits per heavy atom. The van der Waals surface area contributed by atoms with Crippen molar-refractivity contribution in [1.29, 1.82) is 0 Å². The van der Waals surface area contributed by atoms with E-state index in [1.165, 1.54) is 5.56 Å². The molecule has 5 heteroatoms. The van der Waals surface area contributed by atoms with Crippen molar-refractivity contribution in [1.82, 2.24) is 4.90 Å². The van der Waals surface area contributed by atoms with Crippen LogP contribution in [0.2, 0.25) is 0 Å². The highest BCUT2D eigenvalue weighted by atomic mass is 35.5. The molecular weight excluding hydrogens is 350 g/mol. The Hall–Kier alpha value is -2.33. The number of rotatable bonds is 6. The lowest BCUT2D eigenvalue weighted by Crippen LogP contribution is -2.31. The van der Waals surface area contributed by atoms with E-state index in [0.29, 0.717) is 25.9 Å². The highest BCUT2D eigenvalue weighted by Crippen LogP contribution is 2.27. The lowest BCUT2D eigenvalue weighted by molar-refractivity contribution is -0.141. The molecule has 1 aliphatic heterocycles. The molecule has 0 aromatic heterocycles. The van der Waals surface area contributed by atoms with Crippen LogP contribution in [0.4, 0.5) is 0 Å². The summed E-state index contributed by atoms with van der Waals surface area (Å²) in [7, 11) is 0. The van der Waals surface area contributed by atoms with Gasteiger partial charge in [0.05, 0.1) is 5.92 Å². The SMILES string of the molecule is Cl.O=C(O)C1CCN(C(=O)CC(Cc2ccccc2)c2ccccc2)C1. The van der Waals surface area contributed by atoms with Crippen LogP contribution in [0.5, 0.6) is 0 Å². The molecule has 2 atom stereocenters. The highest BCUT2D eigenvalue weighted by Gasteiger charge is 2.31. The second-order valence-corrected chi connectivity index (χ2v) is 6.67. The smallest absolute Gasteiger partial charge is 0.308 e. The number of carboxylic acids is 1. The quantitative estimate of drug-likeness (QED) is 0.838. The summed E-state index contributed by atoms with van der Waals surface area (Å²) in [5.41, 5.74) is 2.35. The van der Waals surface area contributed by atoms with Crippen molar-refractivity contribution >= 4 is 24.3 Å². The lowest BCUT2D eigenvalue weighted by atomic mass is 9.89. The van der Waals surface area contributed by atoms with E-state index in [1.54, 1.807) is 4.90 Å². The Kier molecular flexibility index (Phi) is 7.22. The second kappa shape index (κ2) is 9.39. The molecule has 1 fully saturated rings. The number of hydrogen-bond acceptors (Lipinski definition) is 2. The Bertz CT molecular complexity index is 721. The van der Waals surface area contributed by atoms with E-state index in [-0.39, 0.29) is 24.2 Å². The van der Waals surface area contributed by atoms with E-state index in [1.807, 2.05) is 36.4 Å². The van der Waals surface area contributed by atoms with Gasteiger partial charge in [-0.2, -0.15) is 0 Å². The lowest BCUT2D eigenvalue weighted by Gasteiger charge is -2.22. The number of carboxylic acid groups (broad SMARTS) is 1. The molecule has 3 rings (SSSR count). The number of halogens is 1. The van der Waals surface area contributed by atoms with Crippen molar-refractivity contribution in [2.45, 2.75) is 25.2 Å². The van der Waals surface area contributed by atoms with Crippen molar-refractivity contribution in [2.24, 2.45) is 5.92 Å². The third-order valence-electron chi connectivity index (χ3n) is 4.91. The zero-order valence-electron chi connectivity index (χ0n) is 14.6.